The van der Waals surface area contributed by atoms with Crippen LogP contribution in [0.15, 0.2) is 18.2 Å². The van der Waals surface area contributed by atoms with Crippen LogP contribution in [0.2, 0.25) is 0 Å². The lowest BCUT2D eigenvalue weighted by atomic mass is 10.0. The van der Waals surface area contributed by atoms with E-state index in [0.717, 1.165) is 5.56 Å². The number of ether oxygens (including phenoxy) is 1. The molecule has 2 rings (SSSR count). The zero-order valence-corrected chi connectivity index (χ0v) is 12.1. The normalized spacial score (nSPS) is 21.9. The summed E-state index contributed by atoms with van der Waals surface area (Å²) >= 11 is 0. The van der Waals surface area contributed by atoms with Gasteiger partial charge in [-0.05, 0) is 38.5 Å². The molecule has 0 spiro atoms. The average Bonchev–Trinajstić information content (AvgIpc) is 2.38. The molecule has 110 valence electrons. The van der Waals surface area contributed by atoms with Gasteiger partial charge in [-0.1, -0.05) is 6.07 Å². The van der Waals surface area contributed by atoms with E-state index in [0.29, 0.717) is 25.2 Å². The molecule has 0 saturated carbocycles. The Labute approximate surface area is 118 Å². The maximum Gasteiger partial charge on any atom is 0.254 e. The highest BCUT2D eigenvalue weighted by Gasteiger charge is 2.35. The van der Waals surface area contributed by atoms with Gasteiger partial charge in [0.25, 0.3) is 5.91 Å². The molecular formula is C15H21FN2O2. The molecule has 1 fully saturated rings. The zero-order chi connectivity index (χ0) is 14.9. The molecule has 5 heteroatoms. The van der Waals surface area contributed by atoms with E-state index in [1.54, 1.807) is 17.9 Å². The minimum Gasteiger partial charge on any atom is -0.367 e. The number of nitrogens with zero attached hydrogens (tertiary/aromatic N) is 1. The van der Waals surface area contributed by atoms with Gasteiger partial charge in [-0.3, -0.25) is 4.79 Å². The fraction of sp³-hybridized carbons (Fsp3) is 0.533. The molecule has 20 heavy (non-hydrogen) atoms. The van der Waals surface area contributed by atoms with Crippen molar-refractivity contribution in [3.8, 4) is 0 Å². The maximum atomic E-state index is 13.4. The number of rotatable bonds is 2. The first-order valence-electron chi connectivity index (χ1n) is 6.76. The quantitative estimate of drug-likeness (QED) is 0.897. The molecule has 1 aliphatic rings. The van der Waals surface area contributed by atoms with Gasteiger partial charge < -0.3 is 15.4 Å². The predicted octanol–water partition coefficient (Wildman–Crippen LogP) is 1.71. The molecule has 1 amide bonds. The van der Waals surface area contributed by atoms with E-state index < -0.39 is 11.4 Å². The van der Waals surface area contributed by atoms with Crippen LogP contribution in [-0.4, -0.2) is 42.1 Å². The molecule has 2 N–H and O–H groups in total. The van der Waals surface area contributed by atoms with Gasteiger partial charge >= 0.3 is 0 Å². The molecule has 0 bridgehead atoms. The van der Waals surface area contributed by atoms with Gasteiger partial charge in [-0.25, -0.2) is 4.39 Å². The highest BCUT2D eigenvalue weighted by atomic mass is 19.1. The number of hydrogen-bond donors (Lipinski definition) is 1. The molecule has 1 aromatic rings. The van der Waals surface area contributed by atoms with Crippen LogP contribution in [0, 0.1) is 12.7 Å². The van der Waals surface area contributed by atoms with E-state index >= 15 is 0 Å². The van der Waals surface area contributed by atoms with Crippen LogP contribution < -0.4 is 5.73 Å². The minimum absolute atomic E-state index is 0.170. The standard InChI is InChI=1S/C15H21FN2O2/c1-10-4-5-11(16)6-13(10)14(19)18-8-12(7-17)20-15(2,3)9-18/h4-6,12H,7-9,17H2,1-3H3. The fourth-order valence-corrected chi connectivity index (χ4v) is 2.57. The van der Waals surface area contributed by atoms with E-state index in [4.69, 9.17) is 10.5 Å². The summed E-state index contributed by atoms with van der Waals surface area (Å²) in [5.74, 6) is -0.571. The zero-order valence-electron chi connectivity index (χ0n) is 12.1. The first-order valence-corrected chi connectivity index (χ1v) is 6.76. The Morgan fingerprint density at radius 3 is 2.90 bits per heavy atom. The van der Waals surface area contributed by atoms with Gasteiger partial charge in [-0.2, -0.15) is 0 Å². The Balaban J connectivity index is 2.25. The second-order valence-corrected chi connectivity index (χ2v) is 5.88. The lowest BCUT2D eigenvalue weighted by molar-refractivity contribution is -0.122. The van der Waals surface area contributed by atoms with Crippen molar-refractivity contribution in [1.82, 2.24) is 4.90 Å². The smallest absolute Gasteiger partial charge is 0.254 e. The van der Waals surface area contributed by atoms with Crippen LogP contribution in [0.25, 0.3) is 0 Å². The van der Waals surface area contributed by atoms with E-state index in [2.05, 4.69) is 0 Å². The highest BCUT2D eigenvalue weighted by molar-refractivity contribution is 5.95. The molecule has 1 heterocycles. The summed E-state index contributed by atoms with van der Waals surface area (Å²) in [6.07, 6.45) is -0.184. The number of benzene rings is 1. The summed E-state index contributed by atoms with van der Waals surface area (Å²) in [4.78, 5) is 14.3. The Morgan fingerprint density at radius 2 is 2.25 bits per heavy atom. The minimum atomic E-state index is -0.445. The number of amides is 1. The molecule has 1 aromatic carbocycles. The number of nitrogens with two attached hydrogens (primary N) is 1. The molecule has 1 saturated heterocycles. The number of aryl methyl sites for hydroxylation is 1. The lowest BCUT2D eigenvalue weighted by Gasteiger charge is -2.42. The number of hydrogen-bond acceptors (Lipinski definition) is 3. The summed E-state index contributed by atoms with van der Waals surface area (Å²) in [7, 11) is 0. The monoisotopic (exact) mass is 280 g/mol. The summed E-state index contributed by atoms with van der Waals surface area (Å²) in [6.45, 7) is 6.92. The van der Waals surface area contributed by atoms with Crippen molar-refractivity contribution in [2.24, 2.45) is 5.73 Å². The summed E-state index contributed by atoms with van der Waals surface area (Å²) in [5, 5.41) is 0. The molecule has 0 aliphatic carbocycles. The SMILES string of the molecule is Cc1ccc(F)cc1C(=O)N1CC(CN)OC(C)(C)C1. The molecule has 1 unspecified atom stereocenters. The van der Waals surface area contributed by atoms with Crippen LogP contribution in [0.5, 0.6) is 0 Å². The first kappa shape index (κ1) is 14.9. The predicted molar refractivity (Wildman–Crippen MR) is 75.0 cm³/mol. The molecule has 1 atom stereocenters. The Morgan fingerprint density at radius 1 is 1.55 bits per heavy atom. The molecule has 0 radical (unpaired) electrons. The van der Waals surface area contributed by atoms with E-state index in [9.17, 15) is 9.18 Å². The van der Waals surface area contributed by atoms with Gasteiger partial charge in [0.05, 0.1) is 11.7 Å². The summed E-state index contributed by atoms with van der Waals surface area (Å²) in [6, 6.07) is 4.27. The van der Waals surface area contributed by atoms with E-state index in [1.165, 1.54) is 12.1 Å². The first-order chi connectivity index (χ1) is 9.32. The van der Waals surface area contributed by atoms with Crippen molar-refractivity contribution in [3.05, 3.63) is 35.1 Å². The molecule has 0 aromatic heterocycles. The Kier molecular flexibility index (Phi) is 4.11. The van der Waals surface area contributed by atoms with Crippen molar-refractivity contribution in [1.29, 1.82) is 0 Å². The fourth-order valence-electron chi connectivity index (χ4n) is 2.57. The third kappa shape index (κ3) is 3.16. The van der Waals surface area contributed by atoms with Gasteiger partial charge in [0.15, 0.2) is 0 Å². The Bertz CT molecular complexity index is 517. The summed E-state index contributed by atoms with van der Waals surface area (Å²) < 4.78 is 19.2. The maximum absolute atomic E-state index is 13.4. The second-order valence-electron chi connectivity index (χ2n) is 5.88. The van der Waals surface area contributed by atoms with Crippen molar-refractivity contribution in [2.45, 2.75) is 32.5 Å². The van der Waals surface area contributed by atoms with Crippen molar-refractivity contribution in [2.75, 3.05) is 19.6 Å². The highest BCUT2D eigenvalue weighted by Crippen LogP contribution is 2.23. The largest absolute Gasteiger partial charge is 0.367 e. The second kappa shape index (κ2) is 5.50. The van der Waals surface area contributed by atoms with Crippen LogP contribution in [0.1, 0.15) is 29.8 Å². The third-order valence-electron chi connectivity index (χ3n) is 3.46. The van der Waals surface area contributed by atoms with Crippen LogP contribution in [0.3, 0.4) is 0 Å². The van der Waals surface area contributed by atoms with Gasteiger partial charge in [0.1, 0.15) is 5.82 Å². The third-order valence-corrected chi connectivity index (χ3v) is 3.46. The topological polar surface area (TPSA) is 55.6 Å². The van der Waals surface area contributed by atoms with Gasteiger partial charge in [0.2, 0.25) is 0 Å². The number of carbonyl (C=O) groups is 1. The Hall–Kier alpha value is -1.46. The molecular weight excluding hydrogens is 259 g/mol. The summed E-state index contributed by atoms with van der Waals surface area (Å²) in [5.41, 5.74) is 6.38. The van der Waals surface area contributed by atoms with Gasteiger partial charge in [-0.15, -0.1) is 0 Å². The van der Waals surface area contributed by atoms with E-state index in [1.807, 2.05) is 13.8 Å². The number of morpholine rings is 1. The average molecular weight is 280 g/mol. The molecule has 4 nitrogen and oxygen atoms in total. The van der Waals surface area contributed by atoms with Crippen LogP contribution >= 0.6 is 0 Å². The van der Waals surface area contributed by atoms with Crippen LogP contribution in [-0.2, 0) is 4.74 Å². The van der Waals surface area contributed by atoms with Crippen molar-refractivity contribution >= 4 is 5.91 Å². The van der Waals surface area contributed by atoms with Crippen molar-refractivity contribution in [3.63, 3.8) is 0 Å². The number of carbonyl (C=O) groups excluding carboxylic acids is 1. The van der Waals surface area contributed by atoms with Gasteiger partial charge in [0, 0.05) is 25.2 Å². The van der Waals surface area contributed by atoms with Crippen LogP contribution in [0.4, 0.5) is 4.39 Å². The lowest BCUT2D eigenvalue weighted by Crippen LogP contribution is -2.56. The van der Waals surface area contributed by atoms with Crippen molar-refractivity contribution < 1.29 is 13.9 Å². The number of halogens is 1. The van der Waals surface area contributed by atoms with E-state index in [-0.39, 0.29) is 12.0 Å². The molecule has 1 aliphatic heterocycles.